The van der Waals surface area contributed by atoms with Gasteiger partial charge in [0.25, 0.3) is 0 Å². The molecule has 154 valence electrons. The molecule has 1 aliphatic rings. The van der Waals surface area contributed by atoms with Gasteiger partial charge in [-0.25, -0.2) is 0 Å². The van der Waals surface area contributed by atoms with Crippen LogP contribution in [0.25, 0.3) is 0 Å². The Morgan fingerprint density at radius 2 is 1.38 bits per heavy atom. The maximum Gasteiger partial charge on any atom is 0.314 e. The summed E-state index contributed by atoms with van der Waals surface area (Å²) in [5, 5.41) is 0. The van der Waals surface area contributed by atoms with Crippen LogP contribution >= 0.6 is 0 Å². The van der Waals surface area contributed by atoms with Gasteiger partial charge in [-0.15, -0.1) is 0 Å². The van der Waals surface area contributed by atoms with Crippen LogP contribution in [0.4, 0.5) is 0 Å². The van der Waals surface area contributed by atoms with E-state index in [-0.39, 0.29) is 28.3 Å². The molecule has 3 nitrogen and oxygen atoms in total. The quantitative estimate of drug-likeness (QED) is 0.398. The number of hydrogen-bond acceptors (Lipinski definition) is 3. The van der Waals surface area contributed by atoms with Crippen LogP contribution in [0, 0.1) is 21.7 Å². The first-order valence-electron chi connectivity index (χ1n) is 10.4. The van der Waals surface area contributed by atoms with Crippen molar-refractivity contribution in [3.63, 3.8) is 0 Å². The van der Waals surface area contributed by atoms with E-state index in [0.29, 0.717) is 0 Å². The van der Waals surface area contributed by atoms with E-state index in [4.69, 9.17) is 9.47 Å². The van der Waals surface area contributed by atoms with E-state index in [0.717, 1.165) is 19.3 Å². The van der Waals surface area contributed by atoms with E-state index in [1.807, 2.05) is 0 Å². The zero-order chi connectivity index (χ0) is 20.4. The molecule has 0 radical (unpaired) electrons. The Balaban J connectivity index is 3.00. The number of rotatable bonds is 5. The zero-order valence-corrected chi connectivity index (χ0v) is 19.1. The Kier molecular flexibility index (Phi) is 7.41. The lowest BCUT2D eigenvalue weighted by molar-refractivity contribution is -0.234. The summed E-state index contributed by atoms with van der Waals surface area (Å²) in [6.07, 6.45) is 6.34. The molecule has 0 bridgehead atoms. The predicted octanol–water partition coefficient (Wildman–Crippen LogP) is 6.74. The maximum absolute atomic E-state index is 13.4. The molecule has 0 aromatic heterocycles. The van der Waals surface area contributed by atoms with E-state index in [2.05, 4.69) is 69.2 Å². The number of carbonyl (C=O) groups excluding carboxylic acids is 1. The smallest absolute Gasteiger partial charge is 0.314 e. The lowest BCUT2D eigenvalue weighted by atomic mass is 9.61. The molecule has 1 saturated carbocycles. The standard InChI is InChI=1S/C23H44O3/c1-20(2,3)16-23(10,22(7,8)9)18(24)26-19(21(4,5)6)25-17-14-12-11-13-15-17/h17,19H,11-16H2,1-10H3. The second kappa shape index (κ2) is 8.20. The van der Waals surface area contributed by atoms with Gasteiger partial charge in [0.2, 0.25) is 6.29 Å². The van der Waals surface area contributed by atoms with Gasteiger partial charge < -0.3 is 9.47 Å². The fraction of sp³-hybridized carbons (Fsp3) is 0.957. The van der Waals surface area contributed by atoms with E-state index in [1.165, 1.54) is 19.3 Å². The topological polar surface area (TPSA) is 35.5 Å². The Hall–Kier alpha value is -0.570. The van der Waals surface area contributed by atoms with Crippen LogP contribution in [-0.2, 0) is 14.3 Å². The maximum atomic E-state index is 13.4. The summed E-state index contributed by atoms with van der Waals surface area (Å²) >= 11 is 0. The second-order valence-electron chi connectivity index (χ2n) is 11.8. The molecule has 0 saturated heterocycles. The molecule has 2 unspecified atom stereocenters. The van der Waals surface area contributed by atoms with Gasteiger partial charge in [0.05, 0.1) is 11.5 Å². The highest BCUT2D eigenvalue weighted by Crippen LogP contribution is 2.48. The summed E-state index contributed by atoms with van der Waals surface area (Å²) in [7, 11) is 0. The molecule has 0 aliphatic heterocycles. The van der Waals surface area contributed by atoms with Gasteiger partial charge in [-0.3, -0.25) is 4.79 Å². The van der Waals surface area contributed by atoms with Crippen molar-refractivity contribution in [3.05, 3.63) is 0 Å². The monoisotopic (exact) mass is 368 g/mol. The van der Waals surface area contributed by atoms with E-state index < -0.39 is 11.7 Å². The molecule has 1 aliphatic carbocycles. The Morgan fingerprint density at radius 1 is 0.885 bits per heavy atom. The first-order valence-corrected chi connectivity index (χ1v) is 10.4. The number of hydrogen-bond donors (Lipinski definition) is 0. The van der Waals surface area contributed by atoms with Crippen LogP contribution in [0.3, 0.4) is 0 Å². The van der Waals surface area contributed by atoms with Gasteiger partial charge in [0.15, 0.2) is 0 Å². The van der Waals surface area contributed by atoms with Crippen molar-refractivity contribution in [3.8, 4) is 0 Å². The van der Waals surface area contributed by atoms with Crippen molar-refractivity contribution in [2.75, 3.05) is 0 Å². The van der Waals surface area contributed by atoms with Crippen LogP contribution in [0.2, 0.25) is 0 Å². The fourth-order valence-electron chi connectivity index (χ4n) is 3.72. The first-order chi connectivity index (χ1) is 11.6. The third-order valence-corrected chi connectivity index (χ3v) is 5.78. The van der Waals surface area contributed by atoms with E-state index in [1.54, 1.807) is 0 Å². The number of ether oxygens (including phenoxy) is 2. The molecule has 0 aromatic rings. The van der Waals surface area contributed by atoms with E-state index >= 15 is 0 Å². The molecule has 0 N–H and O–H groups in total. The Labute approximate surface area is 162 Å². The molecule has 1 fully saturated rings. The lowest BCUT2D eigenvalue weighted by Gasteiger charge is -2.45. The lowest BCUT2D eigenvalue weighted by Crippen LogP contribution is -2.48. The molecular weight excluding hydrogens is 324 g/mol. The molecule has 0 amide bonds. The largest absolute Gasteiger partial charge is 0.435 e. The van der Waals surface area contributed by atoms with Crippen molar-refractivity contribution in [2.24, 2.45) is 21.7 Å². The van der Waals surface area contributed by atoms with Crippen LogP contribution in [0.1, 0.15) is 108 Å². The third kappa shape index (κ3) is 6.55. The minimum Gasteiger partial charge on any atom is -0.435 e. The van der Waals surface area contributed by atoms with Gasteiger partial charge in [-0.1, -0.05) is 81.6 Å². The summed E-state index contributed by atoms with van der Waals surface area (Å²) in [5.41, 5.74) is -0.953. The summed E-state index contributed by atoms with van der Waals surface area (Å²) in [5.74, 6) is -0.129. The zero-order valence-electron chi connectivity index (χ0n) is 19.1. The minimum atomic E-state index is -0.565. The highest BCUT2D eigenvalue weighted by atomic mass is 16.7. The summed E-state index contributed by atoms with van der Waals surface area (Å²) in [6.45, 7) is 21.3. The van der Waals surface area contributed by atoms with Crippen LogP contribution in [0.15, 0.2) is 0 Å². The van der Waals surface area contributed by atoms with Crippen LogP contribution < -0.4 is 0 Å². The normalized spacial score (nSPS) is 21.2. The number of carbonyl (C=O) groups is 1. The SMILES string of the molecule is CC(C)(C)CC(C)(C(=O)OC(OC1CCCCC1)C(C)(C)C)C(C)(C)C. The molecule has 0 aromatic carbocycles. The molecule has 0 spiro atoms. The molecule has 2 atom stereocenters. The highest BCUT2D eigenvalue weighted by Gasteiger charge is 2.49. The molecule has 26 heavy (non-hydrogen) atoms. The minimum absolute atomic E-state index is 0.0442. The summed E-state index contributed by atoms with van der Waals surface area (Å²) in [6, 6.07) is 0. The summed E-state index contributed by atoms with van der Waals surface area (Å²) in [4.78, 5) is 13.4. The third-order valence-electron chi connectivity index (χ3n) is 5.78. The van der Waals surface area contributed by atoms with Gasteiger partial charge in [-0.2, -0.15) is 0 Å². The van der Waals surface area contributed by atoms with Gasteiger partial charge >= 0.3 is 5.97 Å². The van der Waals surface area contributed by atoms with Gasteiger partial charge in [0, 0.05) is 5.41 Å². The second-order valence-corrected chi connectivity index (χ2v) is 11.8. The summed E-state index contributed by atoms with van der Waals surface area (Å²) < 4.78 is 12.4. The molecule has 0 heterocycles. The average molecular weight is 369 g/mol. The molecule has 1 rings (SSSR count). The van der Waals surface area contributed by atoms with Crippen molar-refractivity contribution in [2.45, 2.75) is 120 Å². The Bertz CT molecular complexity index is 455. The van der Waals surface area contributed by atoms with Crippen molar-refractivity contribution in [1.29, 1.82) is 0 Å². The molecular formula is C23H44O3. The van der Waals surface area contributed by atoms with Crippen molar-refractivity contribution < 1.29 is 14.3 Å². The fourth-order valence-corrected chi connectivity index (χ4v) is 3.72. The number of esters is 1. The van der Waals surface area contributed by atoms with Crippen molar-refractivity contribution in [1.82, 2.24) is 0 Å². The van der Waals surface area contributed by atoms with Gasteiger partial charge in [-0.05, 0) is 37.0 Å². The van der Waals surface area contributed by atoms with Gasteiger partial charge in [0.1, 0.15) is 0 Å². The predicted molar refractivity (Wildman–Crippen MR) is 109 cm³/mol. The average Bonchev–Trinajstić information content (AvgIpc) is 2.43. The molecule has 3 heteroatoms. The highest BCUT2D eigenvalue weighted by molar-refractivity contribution is 5.77. The van der Waals surface area contributed by atoms with Crippen LogP contribution in [0.5, 0.6) is 0 Å². The first kappa shape index (κ1) is 23.5. The Morgan fingerprint density at radius 3 is 1.77 bits per heavy atom. The van der Waals surface area contributed by atoms with Crippen molar-refractivity contribution >= 4 is 5.97 Å². The van der Waals surface area contributed by atoms with Crippen LogP contribution in [-0.4, -0.2) is 18.4 Å². The van der Waals surface area contributed by atoms with E-state index in [9.17, 15) is 4.79 Å².